The van der Waals surface area contributed by atoms with Crippen molar-refractivity contribution in [2.45, 2.75) is 20.0 Å². The molecular weight excluding hydrogens is 151 g/mol. The SMILES string of the molecule is CC(C)[O][V](=[O])([OH])[OH]. The van der Waals surface area contributed by atoms with Crippen molar-refractivity contribution in [3.8, 4) is 0 Å². The molecule has 0 unspecified atom stereocenters. The fourth-order valence-electron chi connectivity index (χ4n) is 0.275. The van der Waals surface area contributed by atoms with E-state index in [0.29, 0.717) is 0 Å². The first kappa shape index (κ1) is 8.26. The van der Waals surface area contributed by atoms with Crippen LogP contribution in [0.3, 0.4) is 0 Å². The van der Waals surface area contributed by atoms with Crippen molar-refractivity contribution in [3.05, 3.63) is 0 Å². The van der Waals surface area contributed by atoms with Gasteiger partial charge in [0.05, 0.1) is 0 Å². The van der Waals surface area contributed by atoms with Crippen LogP contribution in [0.2, 0.25) is 0 Å². The Morgan fingerprint density at radius 2 is 1.88 bits per heavy atom. The Morgan fingerprint density at radius 1 is 1.50 bits per heavy atom. The van der Waals surface area contributed by atoms with Crippen LogP contribution >= 0.6 is 0 Å². The average Bonchev–Trinajstić information content (AvgIpc) is 1.21. The monoisotopic (exact) mass is 160 g/mol. The molecule has 0 fully saturated rings. The summed E-state index contributed by atoms with van der Waals surface area (Å²) >= 11 is -4.77. The van der Waals surface area contributed by atoms with Crippen molar-refractivity contribution in [1.82, 2.24) is 0 Å². The fourth-order valence-corrected chi connectivity index (χ4v) is 1.13. The van der Waals surface area contributed by atoms with Crippen molar-refractivity contribution < 1.29 is 30.4 Å². The van der Waals surface area contributed by atoms with Gasteiger partial charge in [0.15, 0.2) is 0 Å². The van der Waals surface area contributed by atoms with E-state index in [1.807, 2.05) is 0 Å². The average molecular weight is 160 g/mol. The van der Waals surface area contributed by atoms with Crippen LogP contribution in [0.1, 0.15) is 13.8 Å². The molecule has 0 aliphatic carbocycles. The Labute approximate surface area is 51.0 Å². The van der Waals surface area contributed by atoms with Crippen molar-refractivity contribution in [2.75, 3.05) is 0 Å². The van der Waals surface area contributed by atoms with Crippen molar-refractivity contribution in [1.29, 1.82) is 0 Å². The van der Waals surface area contributed by atoms with E-state index in [2.05, 4.69) is 3.66 Å². The van der Waals surface area contributed by atoms with Crippen LogP contribution in [0.5, 0.6) is 0 Å². The zero-order valence-corrected chi connectivity index (χ0v) is 6.13. The van der Waals surface area contributed by atoms with E-state index in [-0.39, 0.29) is 0 Å². The summed E-state index contributed by atoms with van der Waals surface area (Å²) in [6, 6.07) is 0. The van der Waals surface area contributed by atoms with Gasteiger partial charge in [0, 0.05) is 0 Å². The molecule has 8 heavy (non-hydrogen) atoms. The first-order valence-corrected chi connectivity index (χ1v) is 4.55. The molecule has 0 aromatic heterocycles. The van der Waals surface area contributed by atoms with Crippen molar-refractivity contribution >= 4 is 0 Å². The molecule has 0 saturated heterocycles. The van der Waals surface area contributed by atoms with Gasteiger partial charge in [-0.1, -0.05) is 0 Å². The standard InChI is InChI=1S/C3H7O.2H2O.O.V/c1-3(2)4;;;;/h3H,1-2H3;2*1H2;;/q-1;;;;+3/p-2. The minimum absolute atomic E-state index is 0.394. The van der Waals surface area contributed by atoms with Crippen LogP contribution in [0, 0.1) is 0 Å². The molecule has 0 atom stereocenters. The van der Waals surface area contributed by atoms with E-state index in [9.17, 15) is 3.67 Å². The van der Waals surface area contributed by atoms with Gasteiger partial charge in [-0.25, -0.2) is 0 Å². The number of hydrogen-bond acceptors (Lipinski definition) is 2. The predicted octanol–water partition coefficient (Wildman–Crippen LogP) is -0.360. The summed E-state index contributed by atoms with van der Waals surface area (Å²) in [5.41, 5.74) is 0. The molecule has 0 aliphatic heterocycles. The maximum atomic E-state index is 9.97. The molecule has 50 valence electrons. The van der Waals surface area contributed by atoms with Gasteiger partial charge in [-0.05, 0) is 0 Å². The first-order valence-electron chi connectivity index (χ1n) is 2.16. The molecule has 4 nitrogen and oxygen atoms in total. The maximum absolute atomic E-state index is 9.97. The normalized spacial score (nSPS) is 12.6. The molecular formula is C3H9O4V. The second-order valence-electron chi connectivity index (χ2n) is 1.64. The van der Waals surface area contributed by atoms with Gasteiger partial charge in [0.25, 0.3) is 0 Å². The van der Waals surface area contributed by atoms with Crippen LogP contribution in [0.15, 0.2) is 0 Å². The summed E-state index contributed by atoms with van der Waals surface area (Å²) in [4.78, 5) is 0. The molecule has 0 radical (unpaired) electrons. The molecule has 2 N–H and O–H groups in total. The Hall–Kier alpha value is 0.264. The molecule has 0 bridgehead atoms. The molecule has 0 spiro atoms. The van der Waals surface area contributed by atoms with Crippen LogP contribution in [-0.4, -0.2) is 14.2 Å². The molecule has 5 heteroatoms. The van der Waals surface area contributed by atoms with E-state index >= 15 is 0 Å². The zero-order chi connectivity index (χ0) is 6.78. The number of hydrogen-bond donors (Lipinski definition) is 2. The Balaban J connectivity index is 3.56. The van der Waals surface area contributed by atoms with E-state index in [0.717, 1.165) is 0 Å². The van der Waals surface area contributed by atoms with Gasteiger partial charge in [0.1, 0.15) is 0 Å². The van der Waals surface area contributed by atoms with Crippen molar-refractivity contribution in [3.63, 3.8) is 0 Å². The molecule has 0 rings (SSSR count). The summed E-state index contributed by atoms with van der Waals surface area (Å²) in [6.07, 6.45) is -0.394. The van der Waals surface area contributed by atoms with E-state index < -0.39 is 21.1 Å². The second-order valence-corrected chi connectivity index (χ2v) is 3.51. The Morgan fingerprint density at radius 3 is 1.88 bits per heavy atom. The Kier molecular flexibility index (Phi) is 2.80. The third kappa shape index (κ3) is 6.26. The predicted molar refractivity (Wildman–Crippen MR) is 21.3 cm³/mol. The quantitative estimate of drug-likeness (QED) is 0.578. The fraction of sp³-hybridized carbons (Fsp3) is 1.00. The van der Waals surface area contributed by atoms with Crippen LogP contribution in [0.4, 0.5) is 0 Å². The van der Waals surface area contributed by atoms with E-state index in [1.165, 1.54) is 0 Å². The van der Waals surface area contributed by atoms with Gasteiger partial charge >= 0.3 is 50.4 Å². The molecule has 0 heterocycles. The number of rotatable bonds is 2. The third-order valence-electron chi connectivity index (χ3n) is 0.348. The van der Waals surface area contributed by atoms with Gasteiger partial charge in [-0.2, -0.15) is 0 Å². The van der Waals surface area contributed by atoms with Crippen LogP contribution in [0.25, 0.3) is 0 Å². The third-order valence-corrected chi connectivity index (χ3v) is 1.44. The zero-order valence-electron chi connectivity index (χ0n) is 4.74. The summed E-state index contributed by atoms with van der Waals surface area (Å²) in [5, 5.41) is 0. The van der Waals surface area contributed by atoms with Crippen molar-refractivity contribution in [2.24, 2.45) is 0 Å². The van der Waals surface area contributed by atoms with Gasteiger partial charge in [-0.15, -0.1) is 0 Å². The molecule has 0 aromatic rings. The van der Waals surface area contributed by atoms with Gasteiger partial charge < -0.3 is 0 Å². The second kappa shape index (κ2) is 2.71. The molecule has 0 aliphatic rings. The van der Waals surface area contributed by atoms with Crippen LogP contribution in [-0.2, 0) is 22.4 Å². The van der Waals surface area contributed by atoms with E-state index in [4.69, 9.17) is 8.06 Å². The first-order chi connectivity index (χ1) is 3.42. The summed E-state index contributed by atoms with van der Waals surface area (Å²) < 4.78 is 30.4. The van der Waals surface area contributed by atoms with Gasteiger partial charge in [0.2, 0.25) is 0 Å². The van der Waals surface area contributed by atoms with Crippen LogP contribution < -0.4 is 0 Å². The summed E-state index contributed by atoms with van der Waals surface area (Å²) in [6.45, 7) is 3.14. The summed E-state index contributed by atoms with van der Waals surface area (Å²) in [5.74, 6) is 0. The molecule has 0 aromatic carbocycles. The molecule has 0 saturated carbocycles. The van der Waals surface area contributed by atoms with E-state index in [1.54, 1.807) is 13.8 Å². The molecule has 0 amide bonds. The summed E-state index contributed by atoms with van der Waals surface area (Å²) in [7, 11) is 0. The Bertz CT molecular complexity index is 104. The topological polar surface area (TPSA) is 66.8 Å². The minimum atomic E-state index is -4.77. The van der Waals surface area contributed by atoms with Gasteiger partial charge in [-0.3, -0.25) is 0 Å².